The summed E-state index contributed by atoms with van der Waals surface area (Å²) >= 11 is 0. The molecule has 0 aromatic heterocycles. The summed E-state index contributed by atoms with van der Waals surface area (Å²) in [5.74, 6) is 2.60. The zero-order chi connectivity index (χ0) is 18.6. The minimum absolute atomic E-state index is 0. The number of aryl methyl sites for hydroxylation is 1. The van der Waals surface area contributed by atoms with Crippen molar-refractivity contribution in [2.45, 2.75) is 26.3 Å². The van der Waals surface area contributed by atoms with E-state index < -0.39 is 0 Å². The van der Waals surface area contributed by atoms with Crippen molar-refractivity contribution in [3.8, 4) is 11.5 Å². The van der Waals surface area contributed by atoms with Gasteiger partial charge in [-0.25, -0.2) is 0 Å². The third-order valence-corrected chi connectivity index (χ3v) is 4.00. The van der Waals surface area contributed by atoms with E-state index in [9.17, 15) is 0 Å². The van der Waals surface area contributed by atoms with Crippen LogP contribution in [-0.4, -0.2) is 33.3 Å². The van der Waals surface area contributed by atoms with Crippen LogP contribution in [0.5, 0.6) is 11.5 Å². The van der Waals surface area contributed by atoms with Gasteiger partial charge in [-0.1, -0.05) is 29.8 Å². The van der Waals surface area contributed by atoms with Crippen molar-refractivity contribution in [2.75, 3.05) is 27.3 Å². The van der Waals surface area contributed by atoms with Gasteiger partial charge in [-0.05, 0) is 49.6 Å². The molecule has 2 rings (SSSR count). The Labute approximate surface area is 179 Å². The SMILES string of the molecule is CN=C(NCCCCOc1ccc(C)cc1)NCc1ccc(OC)cc1.I. The summed E-state index contributed by atoms with van der Waals surface area (Å²) in [4.78, 5) is 4.25. The second kappa shape index (κ2) is 13.2. The maximum absolute atomic E-state index is 5.73. The minimum Gasteiger partial charge on any atom is -0.497 e. The fourth-order valence-electron chi connectivity index (χ4n) is 2.41. The number of unbranched alkanes of at least 4 members (excludes halogenated alkanes) is 1. The maximum atomic E-state index is 5.73. The molecule has 0 saturated heterocycles. The van der Waals surface area contributed by atoms with E-state index in [1.807, 2.05) is 36.4 Å². The smallest absolute Gasteiger partial charge is 0.191 e. The number of nitrogens with zero attached hydrogens (tertiary/aromatic N) is 1. The van der Waals surface area contributed by atoms with Crippen LogP contribution in [0.4, 0.5) is 0 Å². The molecule has 148 valence electrons. The predicted molar refractivity (Wildman–Crippen MR) is 123 cm³/mol. The Morgan fingerprint density at radius 1 is 0.926 bits per heavy atom. The highest BCUT2D eigenvalue weighted by molar-refractivity contribution is 14.0. The molecule has 5 nitrogen and oxygen atoms in total. The lowest BCUT2D eigenvalue weighted by Crippen LogP contribution is -2.37. The van der Waals surface area contributed by atoms with Gasteiger partial charge in [0.05, 0.1) is 13.7 Å². The molecule has 0 atom stereocenters. The van der Waals surface area contributed by atoms with E-state index in [4.69, 9.17) is 9.47 Å². The predicted octanol–water partition coefficient (Wildman–Crippen LogP) is 4.15. The van der Waals surface area contributed by atoms with Gasteiger partial charge < -0.3 is 20.1 Å². The molecule has 2 aromatic rings. The van der Waals surface area contributed by atoms with Crippen LogP contribution < -0.4 is 20.1 Å². The van der Waals surface area contributed by atoms with Crippen LogP contribution in [0.2, 0.25) is 0 Å². The summed E-state index contributed by atoms with van der Waals surface area (Å²) in [6.07, 6.45) is 2.02. The van der Waals surface area contributed by atoms with Crippen LogP contribution in [0.25, 0.3) is 0 Å². The molecule has 6 heteroatoms. The van der Waals surface area contributed by atoms with E-state index in [-0.39, 0.29) is 24.0 Å². The second-order valence-corrected chi connectivity index (χ2v) is 6.07. The van der Waals surface area contributed by atoms with Gasteiger partial charge in [-0.15, -0.1) is 24.0 Å². The van der Waals surface area contributed by atoms with Gasteiger partial charge in [-0.3, -0.25) is 4.99 Å². The first kappa shape index (κ1) is 23.1. The van der Waals surface area contributed by atoms with E-state index in [0.717, 1.165) is 50.0 Å². The number of aliphatic imine (C=N–C) groups is 1. The standard InChI is InChI=1S/C21H29N3O2.HI/c1-17-6-10-20(11-7-17)26-15-5-4-14-23-21(22-2)24-16-18-8-12-19(25-3)13-9-18;/h6-13H,4-5,14-16H2,1-3H3,(H2,22,23,24);1H. The zero-order valence-electron chi connectivity index (χ0n) is 16.3. The van der Waals surface area contributed by atoms with E-state index in [0.29, 0.717) is 0 Å². The van der Waals surface area contributed by atoms with Crippen molar-refractivity contribution in [2.24, 2.45) is 4.99 Å². The lowest BCUT2D eigenvalue weighted by molar-refractivity contribution is 0.307. The van der Waals surface area contributed by atoms with Crippen molar-refractivity contribution in [1.29, 1.82) is 0 Å². The van der Waals surface area contributed by atoms with Crippen molar-refractivity contribution < 1.29 is 9.47 Å². The minimum atomic E-state index is 0. The molecule has 0 radical (unpaired) electrons. The summed E-state index contributed by atoms with van der Waals surface area (Å²) in [5.41, 5.74) is 2.43. The van der Waals surface area contributed by atoms with Crippen LogP contribution in [0.15, 0.2) is 53.5 Å². The molecule has 0 amide bonds. The molecule has 2 N–H and O–H groups in total. The highest BCUT2D eigenvalue weighted by Gasteiger charge is 1.99. The quantitative estimate of drug-likeness (QED) is 0.244. The van der Waals surface area contributed by atoms with Crippen molar-refractivity contribution in [3.05, 3.63) is 59.7 Å². The fraction of sp³-hybridized carbons (Fsp3) is 0.381. The molecule has 0 bridgehead atoms. The third kappa shape index (κ3) is 8.99. The van der Waals surface area contributed by atoms with Gasteiger partial charge in [0.25, 0.3) is 0 Å². The lowest BCUT2D eigenvalue weighted by atomic mass is 10.2. The molecule has 0 unspecified atom stereocenters. The van der Waals surface area contributed by atoms with Crippen LogP contribution in [0.3, 0.4) is 0 Å². The van der Waals surface area contributed by atoms with Crippen molar-refractivity contribution in [1.82, 2.24) is 10.6 Å². The Hall–Kier alpha value is -1.96. The molecule has 0 saturated carbocycles. The molecule has 0 aliphatic carbocycles. The van der Waals surface area contributed by atoms with Gasteiger partial charge in [0.1, 0.15) is 11.5 Å². The van der Waals surface area contributed by atoms with Gasteiger partial charge in [-0.2, -0.15) is 0 Å². The Kier molecular flexibility index (Phi) is 11.3. The number of benzene rings is 2. The Morgan fingerprint density at radius 2 is 1.59 bits per heavy atom. The van der Waals surface area contributed by atoms with Crippen molar-refractivity contribution in [3.63, 3.8) is 0 Å². The summed E-state index contributed by atoms with van der Waals surface area (Å²) in [6.45, 7) is 4.38. The average Bonchev–Trinajstić information content (AvgIpc) is 2.68. The third-order valence-electron chi connectivity index (χ3n) is 4.00. The molecule has 0 aliphatic rings. The van der Waals surface area contributed by atoms with Gasteiger partial charge in [0.15, 0.2) is 5.96 Å². The summed E-state index contributed by atoms with van der Waals surface area (Å²) in [5, 5.41) is 6.64. The number of halogens is 1. The number of hydrogen-bond acceptors (Lipinski definition) is 3. The highest BCUT2D eigenvalue weighted by Crippen LogP contribution is 2.12. The Bertz CT molecular complexity index is 673. The monoisotopic (exact) mass is 483 g/mol. The molecular formula is C21H30IN3O2. The largest absolute Gasteiger partial charge is 0.497 e. The van der Waals surface area contributed by atoms with E-state index in [2.05, 4.69) is 34.7 Å². The zero-order valence-corrected chi connectivity index (χ0v) is 18.7. The number of rotatable bonds is 9. The van der Waals surface area contributed by atoms with E-state index in [1.54, 1.807) is 14.2 Å². The summed E-state index contributed by atoms with van der Waals surface area (Å²) in [7, 11) is 3.45. The summed E-state index contributed by atoms with van der Waals surface area (Å²) < 4.78 is 10.9. The molecule has 0 heterocycles. The molecule has 0 aliphatic heterocycles. The first-order chi connectivity index (χ1) is 12.7. The summed E-state index contributed by atoms with van der Waals surface area (Å²) in [6, 6.07) is 16.2. The first-order valence-corrected chi connectivity index (χ1v) is 8.98. The van der Waals surface area contributed by atoms with Crippen LogP contribution in [-0.2, 0) is 6.54 Å². The van der Waals surface area contributed by atoms with E-state index >= 15 is 0 Å². The van der Waals surface area contributed by atoms with Crippen LogP contribution >= 0.6 is 24.0 Å². The average molecular weight is 483 g/mol. The second-order valence-electron chi connectivity index (χ2n) is 6.07. The van der Waals surface area contributed by atoms with Crippen LogP contribution in [0.1, 0.15) is 24.0 Å². The fourth-order valence-corrected chi connectivity index (χ4v) is 2.41. The maximum Gasteiger partial charge on any atom is 0.191 e. The normalized spacial score (nSPS) is 10.7. The van der Waals surface area contributed by atoms with Crippen LogP contribution in [0, 0.1) is 6.92 Å². The van der Waals surface area contributed by atoms with Gasteiger partial charge in [0.2, 0.25) is 0 Å². The molecule has 0 fully saturated rings. The lowest BCUT2D eigenvalue weighted by Gasteiger charge is -2.12. The van der Waals surface area contributed by atoms with Crippen molar-refractivity contribution >= 4 is 29.9 Å². The number of nitrogens with one attached hydrogen (secondary N) is 2. The Morgan fingerprint density at radius 3 is 2.22 bits per heavy atom. The number of methoxy groups -OCH3 is 1. The Balaban J connectivity index is 0.00000364. The molecule has 2 aromatic carbocycles. The topological polar surface area (TPSA) is 54.9 Å². The number of ether oxygens (including phenoxy) is 2. The van der Waals surface area contributed by atoms with Gasteiger partial charge >= 0.3 is 0 Å². The number of guanidine groups is 1. The first-order valence-electron chi connectivity index (χ1n) is 8.98. The number of hydrogen-bond donors (Lipinski definition) is 2. The molecule has 0 spiro atoms. The van der Waals surface area contributed by atoms with E-state index in [1.165, 1.54) is 11.1 Å². The molecular weight excluding hydrogens is 453 g/mol. The van der Waals surface area contributed by atoms with Gasteiger partial charge in [0, 0.05) is 20.1 Å². The molecule has 27 heavy (non-hydrogen) atoms. The highest BCUT2D eigenvalue weighted by atomic mass is 127.